The second-order valence-electron chi connectivity index (χ2n) is 5.85. The van der Waals surface area contributed by atoms with Crippen LogP contribution >= 0.6 is 11.8 Å². The molecule has 0 amide bonds. The van der Waals surface area contributed by atoms with Crippen LogP contribution < -0.4 is 0 Å². The van der Waals surface area contributed by atoms with Crippen molar-refractivity contribution in [2.75, 3.05) is 12.4 Å². The maximum absolute atomic E-state index is 12.4. The van der Waals surface area contributed by atoms with Crippen LogP contribution in [0.2, 0.25) is 0 Å². The second-order valence-corrected chi connectivity index (χ2v) is 7.23. The number of aromatic nitrogens is 1. The van der Waals surface area contributed by atoms with Gasteiger partial charge >= 0.3 is 5.97 Å². The summed E-state index contributed by atoms with van der Waals surface area (Å²) in [6, 6.07) is 16.4. The summed E-state index contributed by atoms with van der Waals surface area (Å²) in [4.78, 5) is 12.4. The molecule has 0 spiro atoms. The SMILES string of the molecule is CCOC(=O)c1cc([C@H](SCC)c2ccccc2C)n2ccccc12. The maximum atomic E-state index is 12.4. The molecule has 3 aromatic rings. The topological polar surface area (TPSA) is 30.7 Å². The average molecular weight is 353 g/mol. The molecule has 3 nitrogen and oxygen atoms in total. The van der Waals surface area contributed by atoms with Crippen LogP contribution in [0.15, 0.2) is 54.7 Å². The second kappa shape index (κ2) is 7.79. The van der Waals surface area contributed by atoms with Crippen molar-refractivity contribution in [3.8, 4) is 0 Å². The summed E-state index contributed by atoms with van der Waals surface area (Å²) < 4.78 is 7.38. The molecule has 1 aromatic carbocycles. The first-order valence-corrected chi connectivity index (χ1v) is 9.66. The lowest BCUT2D eigenvalue weighted by Crippen LogP contribution is -2.03. The Hall–Kier alpha value is -2.20. The van der Waals surface area contributed by atoms with Crippen molar-refractivity contribution in [2.45, 2.75) is 26.0 Å². The van der Waals surface area contributed by atoms with Crippen LogP contribution in [0.5, 0.6) is 0 Å². The van der Waals surface area contributed by atoms with Crippen molar-refractivity contribution in [3.63, 3.8) is 0 Å². The van der Waals surface area contributed by atoms with Gasteiger partial charge in [0, 0.05) is 11.9 Å². The number of hydrogen-bond acceptors (Lipinski definition) is 3. The summed E-state index contributed by atoms with van der Waals surface area (Å²) in [6.07, 6.45) is 2.02. The standard InChI is InChI=1S/C21H23NO2S/c1-4-24-21(23)17-14-19(22-13-9-8-12-18(17)22)20(25-5-2)16-11-7-6-10-15(16)3/h6-14,20H,4-5H2,1-3H3/t20-/m1/s1. The summed E-state index contributed by atoms with van der Waals surface area (Å²) >= 11 is 1.88. The largest absolute Gasteiger partial charge is 0.462 e. The van der Waals surface area contributed by atoms with Crippen molar-refractivity contribution in [3.05, 3.63) is 77.1 Å². The molecular formula is C21H23NO2S. The molecule has 0 N–H and O–H groups in total. The molecule has 25 heavy (non-hydrogen) atoms. The van der Waals surface area contributed by atoms with E-state index in [1.165, 1.54) is 11.1 Å². The number of hydrogen-bond donors (Lipinski definition) is 0. The molecule has 0 aliphatic carbocycles. The Kier molecular flexibility index (Phi) is 5.49. The van der Waals surface area contributed by atoms with Gasteiger partial charge in [-0.3, -0.25) is 0 Å². The zero-order valence-corrected chi connectivity index (χ0v) is 15.7. The normalized spacial score (nSPS) is 12.3. The number of carbonyl (C=O) groups excluding carboxylic acids is 1. The molecule has 0 aliphatic heterocycles. The third-order valence-corrected chi connectivity index (χ3v) is 5.44. The molecule has 4 heteroatoms. The fourth-order valence-electron chi connectivity index (χ4n) is 3.14. The number of pyridine rings is 1. The molecular weight excluding hydrogens is 330 g/mol. The summed E-state index contributed by atoms with van der Waals surface area (Å²) in [5.41, 5.74) is 5.18. The van der Waals surface area contributed by atoms with Crippen LogP contribution in [0, 0.1) is 6.92 Å². The number of ether oxygens (including phenoxy) is 1. The van der Waals surface area contributed by atoms with Gasteiger partial charge in [0.1, 0.15) is 0 Å². The number of nitrogens with zero attached hydrogens (tertiary/aromatic N) is 1. The third-order valence-electron chi connectivity index (χ3n) is 4.27. The van der Waals surface area contributed by atoms with Crippen molar-refractivity contribution in [1.29, 1.82) is 0 Å². The van der Waals surface area contributed by atoms with Gasteiger partial charge in [-0.1, -0.05) is 37.3 Å². The van der Waals surface area contributed by atoms with Gasteiger partial charge in [-0.15, -0.1) is 11.8 Å². The molecule has 0 radical (unpaired) electrons. The Morgan fingerprint density at radius 3 is 2.64 bits per heavy atom. The average Bonchev–Trinajstić information content (AvgIpc) is 3.00. The highest BCUT2D eigenvalue weighted by molar-refractivity contribution is 7.99. The Morgan fingerprint density at radius 2 is 1.92 bits per heavy atom. The molecule has 2 aromatic heterocycles. The van der Waals surface area contributed by atoms with E-state index in [4.69, 9.17) is 4.74 Å². The van der Waals surface area contributed by atoms with Gasteiger partial charge < -0.3 is 9.14 Å². The lowest BCUT2D eigenvalue weighted by atomic mass is 10.0. The fraction of sp³-hybridized carbons (Fsp3) is 0.286. The molecule has 1 atom stereocenters. The minimum Gasteiger partial charge on any atom is -0.462 e. The monoisotopic (exact) mass is 353 g/mol. The molecule has 2 heterocycles. The van der Waals surface area contributed by atoms with Crippen LogP contribution in [0.3, 0.4) is 0 Å². The van der Waals surface area contributed by atoms with Crippen LogP contribution in [0.4, 0.5) is 0 Å². The zero-order chi connectivity index (χ0) is 17.8. The van der Waals surface area contributed by atoms with E-state index in [2.05, 4.69) is 42.5 Å². The molecule has 0 aliphatic rings. The highest BCUT2D eigenvalue weighted by atomic mass is 32.2. The van der Waals surface area contributed by atoms with Crippen LogP contribution in [0.1, 0.15) is 46.3 Å². The highest BCUT2D eigenvalue weighted by Gasteiger charge is 2.23. The van der Waals surface area contributed by atoms with Crippen LogP contribution in [0.25, 0.3) is 5.52 Å². The van der Waals surface area contributed by atoms with Crippen LogP contribution in [-0.4, -0.2) is 22.7 Å². The summed E-state index contributed by atoms with van der Waals surface area (Å²) in [6.45, 7) is 6.52. The number of carbonyl (C=O) groups is 1. The van der Waals surface area contributed by atoms with E-state index in [1.54, 1.807) is 0 Å². The van der Waals surface area contributed by atoms with Gasteiger partial charge in [-0.2, -0.15) is 0 Å². The predicted molar refractivity (Wildman–Crippen MR) is 105 cm³/mol. The molecule has 0 saturated heterocycles. The molecule has 0 bridgehead atoms. The van der Waals surface area contributed by atoms with Crippen molar-refractivity contribution in [1.82, 2.24) is 4.40 Å². The molecule has 0 unspecified atom stereocenters. The lowest BCUT2D eigenvalue weighted by Gasteiger charge is -2.19. The number of fused-ring (bicyclic) bond motifs is 1. The van der Waals surface area contributed by atoms with Crippen molar-refractivity contribution < 1.29 is 9.53 Å². The van der Waals surface area contributed by atoms with Crippen molar-refractivity contribution >= 4 is 23.2 Å². The lowest BCUT2D eigenvalue weighted by molar-refractivity contribution is 0.0529. The number of rotatable bonds is 6. The Morgan fingerprint density at radius 1 is 1.16 bits per heavy atom. The number of aryl methyl sites for hydroxylation is 1. The quantitative estimate of drug-likeness (QED) is 0.566. The van der Waals surface area contributed by atoms with E-state index < -0.39 is 0 Å². The molecule has 130 valence electrons. The van der Waals surface area contributed by atoms with E-state index in [0.29, 0.717) is 12.2 Å². The molecule has 3 rings (SSSR count). The van der Waals surface area contributed by atoms with E-state index in [0.717, 1.165) is 17.0 Å². The Bertz CT molecular complexity index is 884. The van der Waals surface area contributed by atoms with Gasteiger partial charge in [-0.05, 0) is 48.9 Å². The number of benzene rings is 1. The summed E-state index contributed by atoms with van der Waals surface area (Å²) in [5, 5.41) is 0.171. The highest BCUT2D eigenvalue weighted by Crippen LogP contribution is 2.39. The van der Waals surface area contributed by atoms with Gasteiger partial charge in [0.25, 0.3) is 0 Å². The molecule has 0 fully saturated rings. The Labute approximate surface area is 153 Å². The first-order chi connectivity index (χ1) is 12.2. The fourth-order valence-corrected chi connectivity index (χ4v) is 4.27. The van der Waals surface area contributed by atoms with Gasteiger partial charge in [0.15, 0.2) is 0 Å². The minimum absolute atomic E-state index is 0.171. The summed E-state index contributed by atoms with van der Waals surface area (Å²) in [7, 11) is 0. The van der Waals surface area contributed by atoms with E-state index in [-0.39, 0.29) is 11.2 Å². The van der Waals surface area contributed by atoms with E-state index in [9.17, 15) is 4.79 Å². The summed E-state index contributed by atoms with van der Waals surface area (Å²) in [5.74, 6) is 0.732. The van der Waals surface area contributed by atoms with E-state index >= 15 is 0 Å². The first-order valence-electron chi connectivity index (χ1n) is 8.61. The van der Waals surface area contributed by atoms with Gasteiger partial charge in [0.2, 0.25) is 0 Å². The first kappa shape index (κ1) is 17.6. The van der Waals surface area contributed by atoms with Crippen molar-refractivity contribution in [2.24, 2.45) is 0 Å². The van der Waals surface area contributed by atoms with Gasteiger partial charge in [-0.25, -0.2) is 4.79 Å². The van der Waals surface area contributed by atoms with Gasteiger partial charge in [0.05, 0.1) is 22.9 Å². The predicted octanol–water partition coefficient (Wildman–Crippen LogP) is 5.27. The Balaban J connectivity index is 2.18. The minimum atomic E-state index is -0.262. The van der Waals surface area contributed by atoms with E-state index in [1.807, 2.05) is 49.1 Å². The zero-order valence-electron chi connectivity index (χ0n) is 14.9. The smallest absolute Gasteiger partial charge is 0.340 e. The van der Waals surface area contributed by atoms with Crippen LogP contribution in [-0.2, 0) is 4.74 Å². The number of esters is 1. The maximum Gasteiger partial charge on any atom is 0.340 e. The third kappa shape index (κ3) is 3.45. The molecule has 0 saturated carbocycles. The number of thioether (sulfide) groups is 1.